The summed E-state index contributed by atoms with van der Waals surface area (Å²) in [6.45, 7) is 0. The highest BCUT2D eigenvalue weighted by Gasteiger charge is 2.31. The second kappa shape index (κ2) is 6.64. The molecule has 1 aliphatic rings. The van der Waals surface area contributed by atoms with Gasteiger partial charge < -0.3 is 19.5 Å². The molecule has 0 aliphatic carbocycles. The van der Waals surface area contributed by atoms with Crippen molar-refractivity contribution < 1.29 is 19.7 Å². The maximum absolute atomic E-state index is 12.8. The quantitative estimate of drug-likeness (QED) is 0.451. The number of pyridine rings is 1. The van der Waals surface area contributed by atoms with Crippen LogP contribution >= 0.6 is 11.6 Å². The average Bonchev–Trinajstić information content (AvgIpc) is 3.19. The number of nitrogens with zero attached hydrogens (tertiary/aromatic N) is 2. The molecule has 4 aromatic rings. The molecule has 0 radical (unpaired) electrons. The molecule has 148 valence electrons. The van der Waals surface area contributed by atoms with Crippen molar-refractivity contribution in [1.82, 2.24) is 9.55 Å². The molecule has 0 fully saturated rings. The van der Waals surface area contributed by atoms with Crippen LogP contribution in [0.4, 0.5) is 0 Å². The number of hydrogen-bond donors (Lipinski definition) is 2. The van der Waals surface area contributed by atoms with Crippen LogP contribution in [0.15, 0.2) is 60.6 Å². The van der Waals surface area contributed by atoms with Gasteiger partial charge in [0.25, 0.3) is 0 Å². The van der Waals surface area contributed by atoms with E-state index in [9.17, 15) is 15.0 Å². The number of hydrogen-bond acceptors (Lipinski definition) is 5. The van der Waals surface area contributed by atoms with Crippen molar-refractivity contribution in [2.45, 2.75) is 0 Å². The van der Waals surface area contributed by atoms with E-state index in [1.54, 1.807) is 12.3 Å². The molecule has 0 bridgehead atoms. The van der Waals surface area contributed by atoms with E-state index in [1.807, 2.05) is 48.1 Å². The molecule has 2 aromatic carbocycles. The molecule has 2 aromatic heterocycles. The third kappa shape index (κ3) is 2.73. The fourth-order valence-corrected chi connectivity index (χ4v) is 4.01. The summed E-state index contributed by atoms with van der Waals surface area (Å²) in [4.78, 5) is 17.3. The van der Waals surface area contributed by atoms with Gasteiger partial charge in [-0.2, -0.15) is 0 Å². The number of benzene rings is 2. The minimum absolute atomic E-state index is 0.0312. The molecule has 6 nitrogen and oxygen atoms in total. The summed E-state index contributed by atoms with van der Waals surface area (Å²) < 4.78 is 7.51. The first kappa shape index (κ1) is 18.3. The van der Waals surface area contributed by atoms with Crippen molar-refractivity contribution in [3.63, 3.8) is 0 Å². The van der Waals surface area contributed by atoms with E-state index in [0.717, 1.165) is 33.8 Å². The first-order valence-corrected chi connectivity index (χ1v) is 9.51. The third-order valence-corrected chi connectivity index (χ3v) is 5.40. The van der Waals surface area contributed by atoms with Crippen molar-refractivity contribution >= 4 is 34.5 Å². The summed E-state index contributed by atoms with van der Waals surface area (Å²) in [6.07, 6.45) is 5.18. The second-order valence-corrected chi connectivity index (χ2v) is 7.42. The fraction of sp³-hybridized carbons (Fsp3) is 0.0435. The van der Waals surface area contributed by atoms with Crippen LogP contribution in [0.3, 0.4) is 0 Å². The summed E-state index contributed by atoms with van der Waals surface area (Å²) in [7, 11) is 1.86. The highest BCUT2D eigenvalue weighted by atomic mass is 35.5. The molecular formula is C23H15ClN2O4. The predicted octanol–water partition coefficient (Wildman–Crippen LogP) is 4.92. The zero-order chi connectivity index (χ0) is 21.0. The second-order valence-electron chi connectivity index (χ2n) is 7.01. The number of rotatable bonds is 2. The molecule has 0 atom stereocenters. The van der Waals surface area contributed by atoms with Crippen molar-refractivity contribution in [2.24, 2.45) is 7.05 Å². The molecule has 0 spiro atoms. The minimum Gasteiger partial charge on any atom is -0.508 e. The van der Waals surface area contributed by atoms with Crippen molar-refractivity contribution in [1.29, 1.82) is 0 Å². The van der Waals surface area contributed by atoms with Crippen molar-refractivity contribution in [2.75, 3.05) is 0 Å². The number of aromatic hydroxyl groups is 2. The number of aromatic nitrogens is 2. The summed E-state index contributed by atoms with van der Waals surface area (Å²) >= 11 is 6.43. The Morgan fingerprint density at radius 2 is 1.93 bits per heavy atom. The first-order valence-electron chi connectivity index (χ1n) is 9.13. The van der Waals surface area contributed by atoms with E-state index in [1.165, 1.54) is 6.07 Å². The van der Waals surface area contributed by atoms with Gasteiger partial charge in [0.2, 0.25) is 5.78 Å². The number of Topliss-reactive ketones (excluding diaryl/α,β-unsaturated/α-hetero) is 1. The number of allylic oxidation sites excluding steroid dienone is 1. The molecular weight excluding hydrogens is 404 g/mol. The number of phenols is 2. The van der Waals surface area contributed by atoms with E-state index in [0.29, 0.717) is 5.02 Å². The number of ether oxygens (including phenoxy) is 1. The third-order valence-electron chi connectivity index (χ3n) is 5.07. The Labute approximate surface area is 176 Å². The monoisotopic (exact) mass is 418 g/mol. The summed E-state index contributed by atoms with van der Waals surface area (Å²) in [5.74, 6) is -0.797. The highest BCUT2D eigenvalue weighted by Crippen LogP contribution is 2.42. The lowest BCUT2D eigenvalue weighted by atomic mass is 10.0. The molecule has 0 unspecified atom stereocenters. The molecule has 0 saturated heterocycles. The Bertz CT molecular complexity index is 1390. The molecule has 2 N–H and O–H groups in total. The van der Waals surface area contributed by atoms with Gasteiger partial charge in [-0.1, -0.05) is 29.8 Å². The van der Waals surface area contributed by atoms with Gasteiger partial charge in [0.05, 0.1) is 0 Å². The van der Waals surface area contributed by atoms with Crippen molar-refractivity contribution in [3.8, 4) is 28.4 Å². The van der Waals surface area contributed by atoms with Gasteiger partial charge in [0, 0.05) is 53.1 Å². The zero-order valence-electron chi connectivity index (χ0n) is 15.8. The number of carbonyl (C=O) groups is 1. The van der Waals surface area contributed by atoms with E-state index >= 15 is 0 Å². The predicted molar refractivity (Wildman–Crippen MR) is 114 cm³/mol. The van der Waals surface area contributed by atoms with Crippen LogP contribution in [0.25, 0.3) is 28.2 Å². The zero-order valence-corrected chi connectivity index (χ0v) is 16.5. The van der Waals surface area contributed by atoms with Gasteiger partial charge >= 0.3 is 0 Å². The van der Waals surface area contributed by atoms with Gasteiger partial charge in [-0.3, -0.25) is 4.79 Å². The molecule has 5 rings (SSSR count). The molecule has 1 aliphatic heterocycles. The molecule has 3 heterocycles. The fourth-order valence-electron chi connectivity index (χ4n) is 3.77. The normalized spacial score (nSPS) is 14.3. The number of aryl methyl sites for hydroxylation is 1. The number of halogens is 1. The smallest absolute Gasteiger partial charge is 0.235 e. The van der Waals surface area contributed by atoms with Gasteiger partial charge in [0.15, 0.2) is 5.76 Å². The van der Waals surface area contributed by atoms with Crippen LogP contribution in [0, 0.1) is 0 Å². The minimum atomic E-state index is -0.456. The van der Waals surface area contributed by atoms with Crippen LogP contribution in [0.2, 0.25) is 5.02 Å². The lowest BCUT2D eigenvalue weighted by Crippen LogP contribution is -1.98. The Kier molecular flexibility index (Phi) is 4.04. The Hall–Kier alpha value is -3.77. The number of ketones is 1. The van der Waals surface area contributed by atoms with E-state index < -0.39 is 5.78 Å². The van der Waals surface area contributed by atoms with Gasteiger partial charge in [-0.05, 0) is 23.8 Å². The largest absolute Gasteiger partial charge is 0.508 e. The van der Waals surface area contributed by atoms with Gasteiger partial charge in [-0.25, -0.2) is 4.98 Å². The number of phenolic OH excluding ortho intramolecular Hbond substituents is 2. The van der Waals surface area contributed by atoms with Crippen LogP contribution in [0.1, 0.15) is 15.9 Å². The molecule has 0 amide bonds. The van der Waals surface area contributed by atoms with Crippen molar-refractivity contribution in [3.05, 3.63) is 76.8 Å². The SMILES string of the molecule is Cn1cc(C=C2Oc3cc(O)cc(O)c3C2=O)c2c(-c3ccccc3Cl)ccnc21. The summed E-state index contributed by atoms with van der Waals surface area (Å²) in [5, 5.41) is 21.2. The maximum Gasteiger partial charge on any atom is 0.235 e. The molecule has 0 saturated carbocycles. The highest BCUT2D eigenvalue weighted by molar-refractivity contribution is 6.33. The molecule has 30 heavy (non-hydrogen) atoms. The molecule has 7 heteroatoms. The summed E-state index contributed by atoms with van der Waals surface area (Å²) in [6, 6.07) is 11.8. The van der Waals surface area contributed by atoms with Crippen LogP contribution < -0.4 is 4.74 Å². The Morgan fingerprint density at radius 3 is 2.73 bits per heavy atom. The Balaban J connectivity index is 1.71. The average molecular weight is 419 g/mol. The van der Waals surface area contributed by atoms with Crippen LogP contribution in [0.5, 0.6) is 17.2 Å². The van der Waals surface area contributed by atoms with Gasteiger partial charge in [0.1, 0.15) is 28.5 Å². The lowest BCUT2D eigenvalue weighted by Gasteiger charge is -2.07. The number of carbonyl (C=O) groups excluding carboxylic acids is 1. The van der Waals surface area contributed by atoms with E-state index in [4.69, 9.17) is 16.3 Å². The first-order chi connectivity index (χ1) is 14.4. The number of fused-ring (bicyclic) bond motifs is 2. The van der Waals surface area contributed by atoms with E-state index in [2.05, 4.69) is 4.98 Å². The van der Waals surface area contributed by atoms with E-state index in [-0.39, 0.29) is 28.6 Å². The van der Waals surface area contributed by atoms with Crippen LogP contribution in [-0.4, -0.2) is 25.5 Å². The lowest BCUT2D eigenvalue weighted by molar-refractivity contribution is 0.101. The maximum atomic E-state index is 12.8. The topological polar surface area (TPSA) is 84.6 Å². The summed E-state index contributed by atoms with van der Waals surface area (Å²) in [5.41, 5.74) is 3.20. The Morgan fingerprint density at radius 1 is 1.13 bits per heavy atom. The van der Waals surface area contributed by atoms with Gasteiger partial charge in [-0.15, -0.1) is 0 Å². The van der Waals surface area contributed by atoms with Crippen LogP contribution in [-0.2, 0) is 7.05 Å². The standard InChI is InChI=1S/C23H15ClN2O4/c1-26-11-12(8-19-22(29)21-17(28)9-13(27)10-18(21)30-19)20-15(6-7-25-23(20)26)14-4-2-3-5-16(14)24/h2-11,27-28H,1H3.